The molecule has 6 heteroatoms. The Morgan fingerprint density at radius 1 is 1.37 bits per heavy atom. The maximum absolute atomic E-state index is 12.1. The van der Waals surface area contributed by atoms with E-state index in [2.05, 4.69) is 20.9 Å². The first-order valence-electron chi connectivity index (χ1n) is 5.82. The molecule has 98 valence electrons. The Hall–Kier alpha value is -1.82. The van der Waals surface area contributed by atoms with Gasteiger partial charge in [0.15, 0.2) is 0 Å². The van der Waals surface area contributed by atoms with Crippen LogP contribution in [0.3, 0.4) is 0 Å². The molecule has 0 spiro atoms. The van der Waals surface area contributed by atoms with E-state index in [0.717, 1.165) is 15.9 Å². The molecule has 0 saturated heterocycles. The third kappa shape index (κ3) is 2.12. The van der Waals surface area contributed by atoms with E-state index in [-0.39, 0.29) is 5.91 Å². The molecule has 0 N–H and O–H groups in total. The molecule has 0 saturated carbocycles. The van der Waals surface area contributed by atoms with Crippen LogP contribution in [0.25, 0.3) is 0 Å². The number of carbonyl (C=O) groups is 1. The van der Waals surface area contributed by atoms with Crippen molar-refractivity contribution in [3.8, 4) is 5.75 Å². The van der Waals surface area contributed by atoms with Crippen LogP contribution in [0.1, 0.15) is 16.2 Å². The zero-order chi connectivity index (χ0) is 13.4. The average Bonchev–Trinajstić information content (AvgIpc) is 2.93. The Morgan fingerprint density at radius 3 is 2.74 bits per heavy atom. The second-order valence-corrected chi connectivity index (χ2v) is 5.14. The summed E-state index contributed by atoms with van der Waals surface area (Å²) in [6.07, 6.45) is 1.65. The topological polar surface area (TPSA) is 47.4 Å². The largest absolute Gasteiger partial charge is 0.497 e. The third-order valence-corrected chi connectivity index (χ3v) is 3.76. The Morgan fingerprint density at radius 2 is 2.11 bits per heavy atom. The summed E-state index contributed by atoms with van der Waals surface area (Å²) in [5.41, 5.74) is 1.07. The second-order valence-electron chi connectivity index (χ2n) is 4.33. The summed E-state index contributed by atoms with van der Waals surface area (Å²) >= 11 is 3.38. The van der Waals surface area contributed by atoms with Gasteiger partial charge in [-0.15, -0.1) is 0 Å². The van der Waals surface area contributed by atoms with Crippen molar-refractivity contribution in [1.29, 1.82) is 0 Å². The van der Waals surface area contributed by atoms with Crippen molar-refractivity contribution in [2.24, 2.45) is 0 Å². The quantitative estimate of drug-likeness (QED) is 0.871. The molecule has 0 fully saturated rings. The fourth-order valence-corrected chi connectivity index (χ4v) is 2.49. The maximum Gasteiger partial charge on any atom is 0.291 e. The van der Waals surface area contributed by atoms with E-state index in [4.69, 9.17) is 4.74 Å². The predicted molar refractivity (Wildman–Crippen MR) is 72.8 cm³/mol. The summed E-state index contributed by atoms with van der Waals surface area (Å²) in [7, 11) is 1.63. The molecule has 1 amide bonds. The molecular weight excluding hydrogens is 310 g/mol. The molecule has 1 aromatic carbocycles. The van der Waals surface area contributed by atoms with Crippen LogP contribution in [0, 0.1) is 0 Å². The van der Waals surface area contributed by atoms with Crippen molar-refractivity contribution in [2.75, 3.05) is 7.11 Å². The molecule has 0 radical (unpaired) electrons. The minimum atomic E-state index is -0.0403. The molecule has 0 aliphatic carbocycles. The van der Waals surface area contributed by atoms with Gasteiger partial charge in [-0.25, -0.2) is 4.98 Å². The highest BCUT2D eigenvalue weighted by molar-refractivity contribution is 9.10. The highest BCUT2D eigenvalue weighted by Gasteiger charge is 2.30. The van der Waals surface area contributed by atoms with Crippen LogP contribution in [0.4, 0.5) is 0 Å². The average molecular weight is 322 g/mol. The summed E-state index contributed by atoms with van der Waals surface area (Å²) in [6, 6.07) is 7.71. The van der Waals surface area contributed by atoms with Gasteiger partial charge in [0.2, 0.25) is 5.82 Å². The summed E-state index contributed by atoms with van der Waals surface area (Å²) in [5, 5.41) is 0. The fraction of sp³-hybridized carbons (Fsp3) is 0.231. The molecule has 2 aromatic rings. The highest BCUT2D eigenvalue weighted by atomic mass is 79.9. The predicted octanol–water partition coefficient (Wildman–Crippen LogP) is 2.27. The SMILES string of the molecule is COc1ccc(CN2Cn3c(Br)cnc3C2=O)cc1. The minimum Gasteiger partial charge on any atom is -0.497 e. The van der Waals surface area contributed by atoms with Crippen LogP contribution in [-0.2, 0) is 13.2 Å². The number of aromatic nitrogens is 2. The lowest BCUT2D eigenvalue weighted by molar-refractivity contribution is 0.0752. The molecule has 19 heavy (non-hydrogen) atoms. The number of imidazole rings is 1. The number of rotatable bonds is 3. The number of halogens is 1. The summed E-state index contributed by atoms with van der Waals surface area (Å²) in [5.74, 6) is 1.26. The van der Waals surface area contributed by atoms with Gasteiger partial charge in [0, 0.05) is 6.54 Å². The molecular formula is C13H12BrN3O2. The van der Waals surface area contributed by atoms with Crippen LogP contribution >= 0.6 is 15.9 Å². The summed E-state index contributed by atoms with van der Waals surface area (Å²) < 4.78 is 7.79. The van der Waals surface area contributed by atoms with E-state index < -0.39 is 0 Å². The number of hydrogen-bond acceptors (Lipinski definition) is 3. The molecule has 1 aliphatic heterocycles. The number of ether oxygens (including phenoxy) is 1. The van der Waals surface area contributed by atoms with Crippen molar-refractivity contribution in [3.05, 3.63) is 46.5 Å². The lowest BCUT2D eigenvalue weighted by Crippen LogP contribution is -2.24. The van der Waals surface area contributed by atoms with Gasteiger partial charge in [0.05, 0.1) is 13.3 Å². The first-order chi connectivity index (χ1) is 9.19. The maximum atomic E-state index is 12.1. The highest BCUT2D eigenvalue weighted by Crippen LogP contribution is 2.23. The van der Waals surface area contributed by atoms with Gasteiger partial charge in [0.25, 0.3) is 5.91 Å². The van der Waals surface area contributed by atoms with Crippen LogP contribution in [0.5, 0.6) is 5.75 Å². The van der Waals surface area contributed by atoms with Gasteiger partial charge >= 0.3 is 0 Å². The minimum absolute atomic E-state index is 0.0403. The standard InChI is InChI=1S/C13H12BrN3O2/c1-19-10-4-2-9(3-5-10)7-16-8-17-11(14)6-15-12(17)13(16)18/h2-6H,7-8H2,1H3. The monoisotopic (exact) mass is 321 g/mol. The van der Waals surface area contributed by atoms with Crippen molar-refractivity contribution in [1.82, 2.24) is 14.5 Å². The van der Waals surface area contributed by atoms with Gasteiger partial charge in [-0.2, -0.15) is 0 Å². The first-order valence-corrected chi connectivity index (χ1v) is 6.61. The number of hydrogen-bond donors (Lipinski definition) is 0. The number of amides is 1. The zero-order valence-corrected chi connectivity index (χ0v) is 11.9. The zero-order valence-electron chi connectivity index (χ0n) is 10.3. The Labute approximate surface area is 118 Å². The van der Waals surface area contributed by atoms with Gasteiger partial charge in [-0.1, -0.05) is 12.1 Å². The van der Waals surface area contributed by atoms with Crippen LogP contribution in [0.15, 0.2) is 35.1 Å². The van der Waals surface area contributed by atoms with Crippen LogP contribution < -0.4 is 4.74 Å². The van der Waals surface area contributed by atoms with Gasteiger partial charge in [-0.05, 0) is 33.6 Å². The lowest BCUT2D eigenvalue weighted by Gasteiger charge is -2.15. The molecule has 0 bridgehead atoms. The van der Waals surface area contributed by atoms with E-state index in [9.17, 15) is 4.79 Å². The normalized spacial score (nSPS) is 13.8. The lowest BCUT2D eigenvalue weighted by atomic mass is 10.2. The molecule has 0 unspecified atom stereocenters. The van der Waals surface area contributed by atoms with Crippen molar-refractivity contribution in [3.63, 3.8) is 0 Å². The smallest absolute Gasteiger partial charge is 0.291 e. The van der Waals surface area contributed by atoms with E-state index in [1.807, 2.05) is 28.8 Å². The van der Waals surface area contributed by atoms with Crippen LogP contribution in [0.2, 0.25) is 0 Å². The third-order valence-electron chi connectivity index (χ3n) is 3.13. The fourth-order valence-electron chi connectivity index (χ4n) is 2.11. The van der Waals surface area contributed by atoms with Gasteiger partial charge in [-0.3, -0.25) is 9.36 Å². The molecule has 2 heterocycles. The molecule has 5 nitrogen and oxygen atoms in total. The summed E-state index contributed by atoms with van der Waals surface area (Å²) in [4.78, 5) is 18.0. The first kappa shape index (κ1) is 12.2. The van der Waals surface area contributed by atoms with E-state index in [1.54, 1.807) is 18.2 Å². The molecule has 1 aromatic heterocycles. The van der Waals surface area contributed by atoms with Crippen molar-refractivity contribution < 1.29 is 9.53 Å². The van der Waals surface area contributed by atoms with E-state index in [0.29, 0.717) is 19.0 Å². The van der Waals surface area contributed by atoms with Crippen molar-refractivity contribution in [2.45, 2.75) is 13.2 Å². The van der Waals surface area contributed by atoms with E-state index >= 15 is 0 Å². The van der Waals surface area contributed by atoms with Gasteiger partial charge in [0.1, 0.15) is 17.0 Å². The Balaban J connectivity index is 1.76. The number of fused-ring (bicyclic) bond motifs is 1. The van der Waals surface area contributed by atoms with Gasteiger partial charge < -0.3 is 9.64 Å². The number of methoxy groups -OCH3 is 1. The van der Waals surface area contributed by atoms with Crippen molar-refractivity contribution >= 4 is 21.8 Å². The van der Waals surface area contributed by atoms with Crippen LogP contribution in [-0.4, -0.2) is 27.5 Å². The molecule has 3 rings (SSSR count). The molecule has 1 aliphatic rings. The second kappa shape index (κ2) is 4.70. The van der Waals surface area contributed by atoms with E-state index in [1.165, 1.54) is 0 Å². The summed E-state index contributed by atoms with van der Waals surface area (Å²) in [6.45, 7) is 1.10. The molecule has 0 atom stereocenters. The Kier molecular flexibility index (Phi) is 3.02. The number of nitrogens with zero attached hydrogens (tertiary/aromatic N) is 3. The number of benzene rings is 1. The number of carbonyl (C=O) groups excluding carboxylic acids is 1. The Bertz CT molecular complexity index is 621.